The van der Waals surface area contributed by atoms with Gasteiger partial charge < -0.3 is 10.1 Å². The molecule has 5 heteroatoms. The smallest absolute Gasteiger partial charge is 0.214 e. The minimum Gasteiger partial charge on any atom is -0.373 e. The van der Waals surface area contributed by atoms with Crippen LogP contribution < -0.4 is 5.32 Å². The van der Waals surface area contributed by atoms with Gasteiger partial charge in [0.2, 0.25) is 5.95 Å². The number of rotatable bonds is 3. The summed E-state index contributed by atoms with van der Waals surface area (Å²) < 4.78 is 18.7. The second-order valence-corrected chi connectivity index (χ2v) is 4.97. The van der Waals surface area contributed by atoms with Gasteiger partial charge in [-0.2, -0.15) is 4.39 Å². The first-order chi connectivity index (χ1) is 8.81. The quantitative estimate of drug-likeness (QED) is 0.826. The third-order valence-corrected chi connectivity index (χ3v) is 3.69. The number of aromatic nitrogens is 1. The summed E-state index contributed by atoms with van der Waals surface area (Å²) in [6.45, 7) is 3.65. The highest BCUT2D eigenvalue weighted by Gasteiger charge is 2.31. The minimum atomic E-state index is -0.454. The summed E-state index contributed by atoms with van der Waals surface area (Å²) in [6.07, 6.45) is 2.70. The number of halogens is 1. The Morgan fingerprint density at radius 2 is 2.44 bits per heavy atom. The molecule has 0 amide bonds. The van der Waals surface area contributed by atoms with Crippen molar-refractivity contribution in [2.24, 2.45) is 0 Å². The summed E-state index contributed by atoms with van der Waals surface area (Å²) in [7, 11) is 0. The highest BCUT2D eigenvalue weighted by molar-refractivity contribution is 5.33. The molecule has 1 N–H and O–H groups in total. The molecule has 98 valence electrons. The van der Waals surface area contributed by atoms with Gasteiger partial charge in [0.25, 0.3) is 0 Å². The van der Waals surface area contributed by atoms with Crippen LogP contribution in [0.15, 0.2) is 18.2 Å². The van der Waals surface area contributed by atoms with E-state index < -0.39 is 5.95 Å². The van der Waals surface area contributed by atoms with Crippen molar-refractivity contribution in [3.8, 4) is 0 Å². The molecule has 0 spiro atoms. The molecule has 4 nitrogen and oxygen atoms in total. The first-order valence-electron chi connectivity index (χ1n) is 6.53. The first kappa shape index (κ1) is 11.9. The zero-order chi connectivity index (χ0) is 12.4. The number of hydrogen-bond donors (Lipinski definition) is 1. The molecule has 0 radical (unpaired) electrons. The average molecular weight is 251 g/mol. The van der Waals surface area contributed by atoms with E-state index in [0.717, 1.165) is 13.2 Å². The predicted molar refractivity (Wildman–Crippen MR) is 67.0 cm³/mol. The zero-order valence-corrected chi connectivity index (χ0v) is 10.3. The summed E-state index contributed by atoms with van der Waals surface area (Å²) in [4.78, 5) is 6.27. The lowest BCUT2D eigenvalue weighted by Crippen LogP contribution is -2.48. The number of hydrogen-bond acceptors (Lipinski definition) is 4. The number of pyridine rings is 1. The molecule has 2 unspecified atom stereocenters. The van der Waals surface area contributed by atoms with E-state index in [1.54, 1.807) is 12.1 Å². The molecule has 2 fully saturated rings. The molecule has 3 rings (SSSR count). The third kappa shape index (κ3) is 2.62. The highest BCUT2D eigenvalue weighted by Crippen LogP contribution is 2.22. The van der Waals surface area contributed by atoms with Crippen LogP contribution in [0, 0.1) is 5.95 Å². The lowest BCUT2D eigenvalue weighted by Gasteiger charge is -2.35. The molecule has 1 aromatic rings. The Bertz CT molecular complexity index is 415. The van der Waals surface area contributed by atoms with Crippen molar-refractivity contribution in [1.82, 2.24) is 9.88 Å². The van der Waals surface area contributed by atoms with Gasteiger partial charge >= 0.3 is 0 Å². The molecule has 18 heavy (non-hydrogen) atoms. The van der Waals surface area contributed by atoms with Gasteiger partial charge in [-0.1, -0.05) is 6.07 Å². The molecular weight excluding hydrogens is 233 g/mol. The van der Waals surface area contributed by atoms with Crippen LogP contribution in [-0.2, 0) is 4.74 Å². The summed E-state index contributed by atoms with van der Waals surface area (Å²) in [6, 6.07) is 5.39. The highest BCUT2D eigenvalue weighted by atomic mass is 19.1. The molecular formula is C13H18FN3O. The Morgan fingerprint density at radius 1 is 1.50 bits per heavy atom. The summed E-state index contributed by atoms with van der Waals surface area (Å²) in [5.41, 5.74) is 0. The van der Waals surface area contributed by atoms with Crippen LogP contribution in [0.5, 0.6) is 0 Å². The molecule has 0 aromatic carbocycles. The van der Waals surface area contributed by atoms with Crippen LogP contribution in [0.3, 0.4) is 0 Å². The van der Waals surface area contributed by atoms with Gasteiger partial charge in [-0.3, -0.25) is 4.90 Å². The first-order valence-corrected chi connectivity index (χ1v) is 6.53. The number of ether oxygens (including phenoxy) is 1. The van der Waals surface area contributed by atoms with Crippen LogP contribution in [0.2, 0.25) is 0 Å². The van der Waals surface area contributed by atoms with Gasteiger partial charge in [0.1, 0.15) is 5.82 Å². The Hall–Kier alpha value is -1.20. The van der Waals surface area contributed by atoms with E-state index >= 15 is 0 Å². The number of morpholine rings is 1. The minimum absolute atomic E-state index is 0.171. The van der Waals surface area contributed by atoms with Gasteiger partial charge in [-0.25, -0.2) is 4.98 Å². The number of fused-ring (bicyclic) bond motifs is 1. The molecule has 1 aromatic heterocycles. The monoisotopic (exact) mass is 251 g/mol. The van der Waals surface area contributed by atoms with Gasteiger partial charge in [-0.05, 0) is 31.5 Å². The Balaban J connectivity index is 1.51. The van der Waals surface area contributed by atoms with Gasteiger partial charge in [0.15, 0.2) is 0 Å². The predicted octanol–water partition coefficient (Wildman–Crippen LogP) is 1.50. The molecule has 2 saturated heterocycles. The van der Waals surface area contributed by atoms with Crippen LogP contribution in [-0.4, -0.2) is 48.3 Å². The fourth-order valence-electron chi connectivity index (χ4n) is 2.73. The van der Waals surface area contributed by atoms with Crippen molar-refractivity contribution in [3.63, 3.8) is 0 Å². The topological polar surface area (TPSA) is 37.4 Å². The molecule has 0 bridgehead atoms. The fourth-order valence-corrected chi connectivity index (χ4v) is 2.73. The van der Waals surface area contributed by atoms with E-state index in [1.165, 1.54) is 25.5 Å². The van der Waals surface area contributed by atoms with Gasteiger partial charge in [-0.15, -0.1) is 0 Å². The molecule has 0 saturated carbocycles. The van der Waals surface area contributed by atoms with Crippen molar-refractivity contribution < 1.29 is 9.13 Å². The zero-order valence-electron chi connectivity index (χ0n) is 10.3. The fraction of sp³-hybridized carbons (Fsp3) is 0.615. The molecule has 0 aliphatic carbocycles. The van der Waals surface area contributed by atoms with E-state index in [-0.39, 0.29) is 6.10 Å². The van der Waals surface area contributed by atoms with Crippen LogP contribution in [0.25, 0.3) is 0 Å². The number of nitrogens with one attached hydrogen (secondary N) is 1. The van der Waals surface area contributed by atoms with Crippen molar-refractivity contribution in [2.45, 2.75) is 25.0 Å². The largest absolute Gasteiger partial charge is 0.373 e. The number of anilines is 1. The van der Waals surface area contributed by atoms with E-state index in [0.29, 0.717) is 18.4 Å². The van der Waals surface area contributed by atoms with E-state index in [4.69, 9.17) is 4.74 Å². The van der Waals surface area contributed by atoms with Crippen LogP contribution in [0.4, 0.5) is 10.2 Å². The van der Waals surface area contributed by atoms with E-state index in [9.17, 15) is 4.39 Å². The van der Waals surface area contributed by atoms with Crippen molar-refractivity contribution in [2.75, 3.05) is 31.6 Å². The van der Waals surface area contributed by atoms with E-state index in [2.05, 4.69) is 15.2 Å². The second kappa shape index (κ2) is 5.20. The molecule has 2 atom stereocenters. The third-order valence-electron chi connectivity index (χ3n) is 3.69. The Morgan fingerprint density at radius 3 is 3.33 bits per heavy atom. The number of nitrogens with zero attached hydrogens (tertiary/aromatic N) is 2. The Kier molecular flexibility index (Phi) is 3.43. The van der Waals surface area contributed by atoms with Crippen LogP contribution >= 0.6 is 0 Å². The maximum absolute atomic E-state index is 12.9. The molecule has 2 aliphatic heterocycles. The summed E-state index contributed by atoms with van der Waals surface area (Å²) in [5, 5.41) is 3.13. The van der Waals surface area contributed by atoms with Crippen molar-refractivity contribution >= 4 is 5.82 Å². The van der Waals surface area contributed by atoms with E-state index in [1.807, 2.05) is 0 Å². The molecule has 2 aliphatic rings. The van der Waals surface area contributed by atoms with Crippen molar-refractivity contribution in [1.29, 1.82) is 0 Å². The lowest BCUT2D eigenvalue weighted by atomic mass is 10.2. The standard InChI is InChI=1S/C13H18FN3O/c14-12-4-1-5-13(16-12)15-7-11-8-17-6-2-3-10(17)9-18-11/h1,4-5,10-11H,2-3,6-9H2,(H,15,16). The lowest BCUT2D eigenvalue weighted by molar-refractivity contribution is -0.0416. The normalized spacial score (nSPS) is 28.1. The Labute approximate surface area is 106 Å². The SMILES string of the molecule is Fc1cccc(NCC2CN3CCCC3CO2)n1. The summed E-state index contributed by atoms with van der Waals surface area (Å²) >= 11 is 0. The maximum Gasteiger partial charge on any atom is 0.214 e. The van der Waals surface area contributed by atoms with Crippen molar-refractivity contribution in [3.05, 3.63) is 24.1 Å². The van der Waals surface area contributed by atoms with Gasteiger partial charge in [0, 0.05) is 19.1 Å². The maximum atomic E-state index is 12.9. The summed E-state index contributed by atoms with van der Waals surface area (Å²) in [5.74, 6) is 0.117. The van der Waals surface area contributed by atoms with Crippen LogP contribution in [0.1, 0.15) is 12.8 Å². The molecule has 3 heterocycles. The van der Waals surface area contributed by atoms with Gasteiger partial charge in [0.05, 0.1) is 12.7 Å². The second-order valence-electron chi connectivity index (χ2n) is 4.97. The average Bonchev–Trinajstić information content (AvgIpc) is 2.84.